The number of nitrogens with zero attached hydrogens (tertiary/aromatic N) is 8. The molecule has 6 rings (SSSR count). The third kappa shape index (κ3) is 3.56. The van der Waals surface area contributed by atoms with E-state index in [0.29, 0.717) is 28.9 Å². The zero-order valence-electron chi connectivity index (χ0n) is 17.7. The molecule has 1 saturated carbocycles. The van der Waals surface area contributed by atoms with Gasteiger partial charge in [0.15, 0.2) is 0 Å². The number of phenols is 1. The first-order valence-electron chi connectivity index (χ1n) is 11.1. The first-order valence-corrected chi connectivity index (χ1v) is 11.1. The molecular formula is C22H22FN9O. The first-order chi connectivity index (χ1) is 16.1. The van der Waals surface area contributed by atoms with Gasteiger partial charge in [-0.3, -0.25) is 0 Å². The number of nitriles is 1. The Morgan fingerprint density at radius 3 is 2.76 bits per heavy atom. The molecule has 1 aliphatic carbocycles. The highest BCUT2D eigenvalue weighted by atomic mass is 19.1. The molecule has 10 nitrogen and oxygen atoms in total. The molecule has 2 bridgehead atoms. The molecule has 0 radical (unpaired) electrons. The summed E-state index contributed by atoms with van der Waals surface area (Å²) in [5, 5.41) is 35.5. The number of fused-ring (bicyclic) bond motifs is 2. The van der Waals surface area contributed by atoms with Crippen molar-refractivity contribution in [2.45, 2.75) is 62.4 Å². The van der Waals surface area contributed by atoms with Crippen molar-refractivity contribution in [3.63, 3.8) is 0 Å². The molecule has 2 aliphatic heterocycles. The minimum atomic E-state index is -0.956. The average molecular weight is 447 g/mol. The van der Waals surface area contributed by atoms with Crippen molar-refractivity contribution >= 4 is 5.95 Å². The molecule has 3 aliphatic rings. The number of piperidine rings is 1. The van der Waals surface area contributed by atoms with Gasteiger partial charge in [0.2, 0.25) is 5.95 Å². The largest absolute Gasteiger partial charge is 0.507 e. The van der Waals surface area contributed by atoms with Gasteiger partial charge in [0.05, 0.1) is 17.9 Å². The lowest BCUT2D eigenvalue weighted by atomic mass is 9.96. The fourth-order valence-electron chi connectivity index (χ4n) is 5.01. The van der Waals surface area contributed by atoms with Gasteiger partial charge in [-0.2, -0.15) is 5.26 Å². The Bertz CT molecular complexity index is 1220. The van der Waals surface area contributed by atoms with Crippen LogP contribution >= 0.6 is 0 Å². The van der Waals surface area contributed by atoms with Gasteiger partial charge in [-0.1, -0.05) is 0 Å². The van der Waals surface area contributed by atoms with Crippen LogP contribution < -0.4 is 10.2 Å². The number of halogens is 1. The van der Waals surface area contributed by atoms with E-state index in [9.17, 15) is 5.11 Å². The minimum Gasteiger partial charge on any atom is -0.507 e. The van der Waals surface area contributed by atoms with Gasteiger partial charge in [-0.25, -0.2) is 19.0 Å². The predicted molar refractivity (Wildman–Crippen MR) is 115 cm³/mol. The van der Waals surface area contributed by atoms with Crippen LogP contribution in [0.15, 0.2) is 30.7 Å². The summed E-state index contributed by atoms with van der Waals surface area (Å²) in [6.07, 6.45) is 6.67. The van der Waals surface area contributed by atoms with Crippen LogP contribution in [0.1, 0.15) is 37.9 Å². The monoisotopic (exact) mass is 447 g/mol. The lowest BCUT2D eigenvalue weighted by Crippen LogP contribution is -2.57. The van der Waals surface area contributed by atoms with Gasteiger partial charge < -0.3 is 15.3 Å². The van der Waals surface area contributed by atoms with Crippen molar-refractivity contribution in [3.8, 4) is 28.8 Å². The lowest BCUT2D eigenvalue weighted by Gasteiger charge is -2.40. The number of aromatic hydroxyl groups is 1. The Hall–Kier alpha value is -3.65. The molecule has 33 heavy (non-hydrogen) atoms. The molecule has 3 fully saturated rings. The summed E-state index contributed by atoms with van der Waals surface area (Å²) in [4.78, 5) is 10.4. The van der Waals surface area contributed by atoms with Crippen LogP contribution in [0.2, 0.25) is 0 Å². The SMILES string of the molecule is N#Cc1ncn(-c2ccc(-c3cnc(N(C4CC4)[C@H]4C[C@@H]5CC[C@H](N5)[C@H]4F)nn3)c(O)c2)n1. The molecule has 168 valence electrons. The van der Waals surface area contributed by atoms with E-state index in [1.165, 1.54) is 17.1 Å². The van der Waals surface area contributed by atoms with Crippen LogP contribution in [0.3, 0.4) is 0 Å². The third-order valence-electron chi connectivity index (χ3n) is 6.75. The van der Waals surface area contributed by atoms with Crippen molar-refractivity contribution in [2.75, 3.05) is 4.90 Å². The van der Waals surface area contributed by atoms with Crippen LogP contribution in [0.4, 0.5) is 10.3 Å². The highest BCUT2D eigenvalue weighted by Crippen LogP contribution is 2.39. The van der Waals surface area contributed by atoms with Crippen LogP contribution in [-0.2, 0) is 0 Å². The molecule has 0 spiro atoms. The highest BCUT2D eigenvalue weighted by molar-refractivity contribution is 5.68. The van der Waals surface area contributed by atoms with Gasteiger partial charge >= 0.3 is 0 Å². The molecule has 4 heterocycles. The van der Waals surface area contributed by atoms with Crippen molar-refractivity contribution < 1.29 is 9.50 Å². The summed E-state index contributed by atoms with van der Waals surface area (Å²) in [5.41, 5.74) is 1.43. The van der Waals surface area contributed by atoms with Gasteiger partial charge in [0, 0.05) is 29.8 Å². The van der Waals surface area contributed by atoms with E-state index < -0.39 is 6.17 Å². The highest BCUT2D eigenvalue weighted by Gasteiger charge is 2.48. The van der Waals surface area contributed by atoms with Gasteiger partial charge in [0.25, 0.3) is 5.82 Å². The van der Waals surface area contributed by atoms with Crippen molar-refractivity contribution in [1.29, 1.82) is 5.26 Å². The Labute approximate surface area is 189 Å². The van der Waals surface area contributed by atoms with Crippen LogP contribution in [-0.4, -0.2) is 65.4 Å². The Balaban J connectivity index is 1.26. The normalized spacial score (nSPS) is 26.2. The zero-order valence-corrected chi connectivity index (χ0v) is 17.7. The number of benzene rings is 1. The van der Waals surface area contributed by atoms with E-state index in [0.717, 1.165) is 32.1 Å². The average Bonchev–Trinajstić information content (AvgIpc) is 3.39. The standard InChI is InChI=1S/C22H22FN9O/c23-21-16-6-1-12(27-16)7-18(21)32(13-2-3-13)22-25-10-17(28-29-22)15-5-4-14(8-19(15)33)31-11-26-20(9-24)30-31/h4-5,8,10-13,16,18,21,27,33H,1-3,6-7H2/t12-,16-,18-,21+/m0/s1. The van der Waals surface area contributed by atoms with Crippen LogP contribution in [0, 0.1) is 11.3 Å². The number of hydrogen-bond acceptors (Lipinski definition) is 9. The van der Waals surface area contributed by atoms with Crippen molar-refractivity contribution in [3.05, 3.63) is 36.5 Å². The fraction of sp³-hybridized carbons (Fsp3) is 0.455. The Kier molecular flexibility index (Phi) is 4.69. The Morgan fingerprint density at radius 1 is 1.18 bits per heavy atom. The number of alkyl halides is 1. The number of aromatic nitrogens is 6. The number of hydrogen-bond donors (Lipinski definition) is 2. The van der Waals surface area contributed by atoms with Gasteiger partial charge in [-0.05, 0) is 44.2 Å². The van der Waals surface area contributed by atoms with Gasteiger partial charge in [0.1, 0.15) is 30.0 Å². The van der Waals surface area contributed by atoms with E-state index in [1.807, 2.05) is 11.0 Å². The second-order valence-corrected chi connectivity index (χ2v) is 8.90. The number of rotatable bonds is 5. The second kappa shape index (κ2) is 7.74. The summed E-state index contributed by atoms with van der Waals surface area (Å²) in [6, 6.07) is 7.07. The maximum atomic E-state index is 15.2. The molecule has 2 N–H and O–H groups in total. The van der Waals surface area contributed by atoms with Crippen molar-refractivity contribution in [1.82, 2.24) is 35.3 Å². The van der Waals surface area contributed by atoms with Crippen LogP contribution in [0.25, 0.3) is 16.9 Å². The Morgan fingerprint density at radius 2 is 2.06 bits per heavy atom. The van der Waals surface area contributed by atoms with E-state index in [4.69, 9.17) is 5.26 Å². The maximum absolute atomic E-state index is 15.2. The smallest absolute Gasteiger partial charge is 0.252 e. The zero-order chi connectivity index (χ0) is 22.5. The molecule has 2 saturated heterocycles. The molecule has 0 unspecified atom stereocenters. The fourth-order valence-corrected chi connectivity index (χ4v) is 5.01. The van der Waals surface area contributed by atoms with Crippen LogP contribution in [0.5, 0.6) is 5.75 Å². The predicted octanol–water partition coefficient (Wildman–Crippen LogP) is 1.90. The quantitative estimate of drug-likeness (QED) is 0.602. The second-order valence-electron chi connectivity index (χ2n) is 8.90. The molecule has 4 atom stereocenters. The van der Waals surface area contributed by atoms with Gasteiger partial charge in [-0.15, -0.1) is 15.3 Å². The lowest BCUT2D eigenvalue weighted by molar-refractivity contribution is 0.171. The first kappa shape index (κ1) is 20.0. The molecule has 2 aromatic heterocycles. The van der Waals surface area contributed by atoms with E-state index in [1.54, 1.807) is 18.3 Å². The van der Waals surface area contributed by atoms with E-state index >= 15 is 4.39 Å². The molecular weight excluding hydrogens is 425 g/mol. The van der Waals surface area contributed by atoms with E-state index in [2.05, 4.69) is 30.6 Å². The van der Waals surface area contributed by atoms with E-state index in [-0.39, 0.29) is 29.7 Å². The third-order valence-corrected chi connectivity index (χ3v) is 6.75. The summed E-state index contributed by atoms with van der Waals surface area (Å²) in [5.74, 6) is 0.461. The number of nitrogens with one attached hydrogen (secondary N) is 1. The van der Waals surface area contributed by atoms with Crippen molar-refractivity contribution in [2.24, 2.45) is 0 Å². The summed E-state index contributed by atoms with van der Waals surface area (Å²) < 4.78 is 16.6. The molecule has 0 amide bonds. The topological polar surface area (TPSA) is 129 Å². The number of anilines is 1. The minimum absolute atomic E-state index is 0.0249. The summed E-state index contributed by atoms with van der Waals surface area (Å²) in [6.45, 7) is 0. The summed E-state index contributed by atoms with van der Waals surface area (Å²) >= 11 is 0. The number of phenolic OH excluding ortho intramolecular Hbond substituents is 1. The molecule has 1 aromatic carbocycles. The molecule has 3 aromatic rings. The summed E-state index contributed by atoms with van der Waals surface area (Å²) in [7, 11) is 0. The maximum Gasteiger partial charge on any atom is 0.252 e. The molecule has 11 heteroatoms.